The minimum Gasteiger partial charge on any atom is -0.293 e. The molecular weight excluding hydrogens is 204 g/mol. The van der Waals surface area contributed by atoms with E-state index in [-0.39, 0.29) is 0 Å². The van der Waals surface area contributed by atoms with Gasteiger partial charge in [-0.25, -0.2) is 0 Å². The van der Waals surface area contributed by atoms with Gasteiger partial charge in [-0.05, 0) is 17.4 Å². The third kappa shape index (κ3) is 4.17. The molecule has 0 aliphatic rings. The molecule has 84 valence electrons. The van der Waals surface area contributed by atoms with Gasteiger partial charge in [-0.2, -0.15) is 0 Å². The summed E-state index contributed by atoms with van der Waals surface area (Å²) in [4.78, 5) is 12.8. The molecule has 1 aromatic heterocycles. The van der Waals surface area contributed by atoms with Crippen molar-refractivity contribution in [2.45, 2.75) is 46.0 Å². The van der Waals surface area contributed by atoms with Gasteiger partial charge in [0.1, 0.15) is 0 Å². The molecule has 1 unspecified atom stereocenters. The van der Waals surface area contributed by atoms with Gasteiger partial charge in [0.2, 0.25) is 0 Å². The van der Waals surface area contributed by atoms with Gasteiger partial charge in [-0.1, -0.05) is 45.6 Å². The molecule has 15 heavy (non-hydrogen) atoms. The van der Waals surface area contributed by atoms with Gasteiger partial charge in [0.05, 0.1) is 4.88 Å². The van der Waals surface area contributed by atoms with Crippen LogP contribution in [0.25, 0.3) is 0 Å². The summed E-state index contributed by atoms with van der Waals surface area (Å²) in [5.41, 5.74) is 0. The first-order valence-electron chi connectivity index (χ1n) is 5.84. The van der Waals surface area contributed by atoms with Crippen LogP contribution in [-0.4, -0.2) is 5.78 Å². The molecule has 0 saturated heterocycles. The van der Waals surface area contributed by atoms with Crippen molar-refractivity contribution in [1.29, 1.82) is 0 Å². The van der Waals surface area contributed by atoms with Crippen molar-refractivity contribution in [2.24, 2.45) is 5.92 Å². The number of ketones is 1. The van der Waals surface area contributed by atoms with E-state index in [0.29, 0.717) is 11.7 Å². The van der Waals surface area contributed by atoms with Crippen LogP contribution < -0.4 is 0 Å². The van der Waals surface area contributed by atoms with Crippen LogP contribution in [0.5, 0.6) is 0 Å². The van der Waals surface area contributed by atoms with Crippen LogP contribution in [0.3, 0.4) is 0 Å². The van der Waals surface area contributed by atoms with Gasteiger partial charge < -0.3 is 0 Å². The lowest BCUT2D eigenvalue weighted by Crippen LogP contribution is -2.07. The quantitative estimate of drug-likeness (QED) is 0.621. The van der Waals surface area contributed by atoms with E-state index in [4.69, 9.17) is 0 Å². The predicted molar refractivity (Wildman–Crippen MR) is 66.6 cm³/mol. The van der Waals surface area contributed by atoms with Gasteiger partial charge in [0.15, 0.2) is 5.78 Å². The fraction of sp³-hybridized carbons (Fsp3) is 0.615. The van der Waals surface area contributed by atoms with Gasteiger partial charge in [-0.15, -0.1) is 11.3 Å². The molecule has 1 atom stereocenters. The minimum atomic E-state index is 0.327. The summed E-state index contributed by atoms with van der Waals surface area (Å²) in [6, 6.07) is 3.88. The monoisotopic (exact) mass is 224 g/mol. The van der Waals surface area contributed by atoms with E-state index in [1.165, 1.54) is 19.3 Å². The fourth-order valence-corrected chi connectivity index (χ4v) is 2.42. The summed E-state index contributed by atoms with van der Waals surface area (Å²) in [6.07, 6.45) is 5.53. The van der Waals surface area contributed by atoms with E-state index in [9.17, 15) is 4.79 Å². The Kier molecular flexibility index (Phi) is 5.62. The number of carbonyl (C=O) groups excluding carboxylic acids is 1. The van der Waals surface area contributed by atoms with Crippen molar-refractivity contribution < 1.29 is 4.79 Å². The van der Waals surface area contributed by atoms with Crippen LogP contribution in [0.1, 0.15) is 55.6 Å². The van der Waals surface area contributed by atoms with Crippen molar-refractivity contribution in [3.05, 3.63) is 22.4 Å². The molecule has 0 radical (unpaired) electrons. The van der Waals surface area contributed by atoms with E-state index >= 15 is 0 Å². The molecule has 0 saturated carbocycles. The molecule has 0 aliphatic carbocycles. The second kappa shape index (κ2) is 6.78. The average Bonchev–Trinajstić information content (AvgIpc) is 2.77. The summed E-state index contributed by atoms with van der Waals surface area (Å²) in [5, 5.41) is 1.97. The number of Topliss-reactive ketones (excluding diaryl/α,β-unsaturated/α-hetero) is 1. The Morgan fingerprint density at radius 1 is 1.47 bits per heavy atom. The Bertz CT molecular complexity index is 277. The van der Waals surface area contributed by atoms with Crippen LogP contribution >= 0.6 is 11.3 Å². The van der Waals surface area contributed by atoms with Crippen molar-refractivity contribution in [2.75, 3.05) is 0 Å². The van der Waals surface area contributed by atoms with E-state index in [2.05, 4.69) is 13.8 Å². The number of hydrogen-bond donors (Lipinski definition) is 0. The molecule has 0 aromatic carbocycles. The highest BCUT2D eigenvalue weighted by Gasteiger charge is 2.13. The standard InChI is InChI=1S/C13H20OS/c1-3-5-7-11(4-2)10-12(14)13-8-6-9-15-13/h6,8-9,11H,3-5,7,10H2,1-2H3. The molecule has 1 rings (SSSR count). The summed E-state index contributed by atoms with van der Waals surface area (Å²) in [6.45, 7) is 4.38. The van der Waals surface area contributed by atoms with Gasteiger partial charge >= 0.3 is 0 Å². The predicted octanol–water partition coefficient (Wildman–Crippen LogP) is 4.54. The van der Waals surface area contributed by atoms with Crippen LogP contribution in [-0.2, 0) is 0 Å². The highest BCUT2D eigenvalue weighted by molar-refractivity contribution is 7.12. The minimum absolute atomic E-state index is 0.327. The Labute approximate surface area is 96.5 Å². The molecule has 1 aromatic rings. The third-order valence-electron chi connectivity index (χ3n) is 2.81. The number of rotatable bonds is 7. The lowest BCUT2D eigenvalue weighted by Gasteiger charge is -2.12. The Hall–Kier alpha value is -0.630. The van der Waals surface area contributed by atoms with E-state index in [0.717, 1.165) is 17.7 Å². The van der Waals surface area contributed by atoms with E-state index in [1.54, 1.807) is 11.3 Å². The van der Waals surface area contributed by atoms with E-state index < -0.39 is 0 Å². The number of carbonyl (C=O) groups is 1. The summed E-state index contributed by atoms with van der Waals surface area (Å²) in [7, 11) is 0. The molecule has 0 fully saturated rings. The third-order valence-corrected chi connectivity index (χ3v) is 3.72. The lowest BCUT2D eigenvalue weighted by atomic mass is 9.93. The van der Waals surface area contributed by atoms with Crippen LogP contribution in [0.15, 0.2) is 17.5 Å². The number of thiophene rings is 1. The first-order chi connectivity index (χ1) is 7.27. The zero-order valence-corrected chi connectivity index (χ0v) is 10.5. The molecule has 0 bridgehead atoms. The molecule has 0 spiro atoms. The maximum Gasteiger partial charge on any atom is 0.173 e. The SMILES string of the molecule is CCCCC(CC)CC(=O)c1cccs1. The van der Waals surface area contributed by atoms with Crippen molar-refractivity contribution in [3.63, 3.8) is 0 Å². The molecule has 0 aliphatic heterocycles. The van der Waals surface area contributed by atoms with Crippen LogP contribution in [0.2, 0.25) is 0 Å². The van der Waals surface area contributed by atoms with Crippen LogP contribution in [0, 0.1) is 5.92 Å². The van der Waals surface area contributed by atoms with Gasteiger partial charge in [-0.3, -0.25) is 4.79 Å². The fourth-order valence-electron chi connectivity index (χ4n) is 1.74. The topological polar surface area (TPSA) is 17.1 Å². The largest absolute Gasteiger partial charge is 0.293 e. The maximum absolute atomic E-state index is 11.8. The van der Waals surface area contributed by atoms with Crippen molar-refractivity contribution in [3.8, 4) is 0 Å². The van der Waals surface area contributed by atoms with Gasteiger partial charge in [0.25, 0.3) is 0 Å². The molecule has 2 heteroatoms. The second-order valence-electron chi connectivity index (χ2n) is 4.02. The average molecular weight is 224 g/mol. The molecule has 1 nitrogen and oxygen atoms in total. The van der Waals surface area contributed by atoms with Crippen molar-refractivity contribution in [1.82, 2.24) is 0 Å². The zero-order valence-electron chi connectivity index (χ0n) is 9.66. The number of hydrogen-bond acceptors (Lipinski definition) is 2. The first kappa shape index (κ1) is 12.4. The van der Waals surface area contributed by atoms with Crippen LogP contribution in [0.4, 0.5) is 0 Å². The van der Waals surface area contributed by atoms with E-state index in [1.807, 2.05) is 17.5 Å². The lowest BCUT2D eigenvalue weighted by molar-refractivity contribution is 0.0961. The summed E-state index contributed by atoms with van der Waals surface area (Å²) in [5.74, 6) is 0.910. The van der Waals surface area contributed by atoms with Gasteiger partial charge in [0, 0.05) is 6.42 Å². The summed E-state index contributed by atoms with van der Waals surface area (Å²) >= 11 is 1.56. The maximum atomic E-state index is 11.8. The zero-order chi connectivity index (χ0) is 11.1. The highest BCUT2D eigenvalue weighted by atomic mass is 32.1. The normalized spacial score (nSPS) is 12.7. The molecule has 1 heterocycles. The second-order valence-corrected chi connectivity index (χ2v) is 4.97. The Morgan fingerprint density at radius 2 is 2.27 bits per heavy atom. The first-order valence-corrected chi connectivity index (χ1v) is 6.72. The Balaban J connectivity index is 2.41. The number of unbranched alkanes of at least 4 members (excludes halogenated alkanes) is 1. The van der Waals surface area contributed by atoms with Crippen molar-refractivity contribution >= 4 is 17.1 Å². The molecule has 0 amide bonds. The summed E-state index contributed by atoms with van der Waals surface area (Å²) < 4.78 is 0. The smallest absolute Gasteiger partial charge is 0.173 e. The molecule has 0 N–H and O–H groups in total. The highest BCUT2D eigenvalue weighted by Crippen LogP contribution is 2.21. The molecular formula is C13H20OS. The Morgan fingerprint density at radius 3 is 2.80 bits per heavy atom.